The standard InChI is InChI=1S/C18H32N4S/c1-5-19-18(20-13-9-10-14-23-4)21-15-16(2)22(3)17-11-7-6-8-12-17/h6-8,11-12,16H,5,9-10,13-15H2,1-4H3,(H2,19,20,21). The number of para-hydroxylation sites is 1. The van der Waals surface area contributed by atoms with Gasteiger partial charge in [-0.1, -0.05) is 18.2 Å². The molecule has 1 unspecified atom stereocenters. The van der Waals surface area contributed by atoms with E-state index in [0.29, 0.717) is 6.04 Å². The number of thioether (sulfide) groups is 1. The van der Waals surface area contributed by atoms with E-state index >= 15 is 0 Å². The van der Waals surface area contributed by atoms with Crippen LogP contribution in [0.4, 0.5) is 5.69 Å². The minimum absolute atomic E-state index is 0.351. The molecule has 0 bridgehead atoms. The molecule has 0 radical (unpaired) electrons. The molecule has 1 rings (SSSR count). The monoisotopic (exact) mass is 336 g/mol. The molecule has 0 aliphatic heterocycles. The van der Waals surface area contributed by atoms with Gasteiger partial charge in [-0.05, 0) is 50.8 Å². The number of hydrogen-bond donors (Lipinski definition) is 2. The molecule has 5 heteroatoms. The molecule has 0 aliphatic carbocycles. The lowest BCUT2D eigenvalue weighted by atomic mass is 10.2. The molecule has 0 fully saturated rings. The van der Waals surface area contributed by atoms with E-state index in [1.54, 1.807) is 0 Å². The average molecular weight is 337 g/mol. The molecular weight excluding hydrogens is 304 g/mol. The van der Waals surface area contributed by atoms with Crippen molar-refractivity contribution in [3.63, 3.8) is 0 Å². The molecule has 0 saturated carbocycles. The van der Waals surface area contributed by atoms with Crippen molar-refractivity contribution >= 4 is 23.4 Å². The van der Waals surface area contributed by atoms with E-state index in [1.165, 1.54) is 24.3 Å². The van der Waals surface area contributed by atoms with Crippen LogP contribution in [0.2, 0.25) is 0 Å². The maximum Gasteiger partial charge on any atom is 0.191 e. The predicted molar refractivity (Wildman–Crippen MR) is 106 cm³/mol. The fraction of sp³-hybridized carbons (Fsp3) is 0.611. The molecule has 0 aromatic heterocycles. The fourth-order valence-electron chi connectivity index (χ4n) is 2.18. The van der Waals surface area contributed by atoms with Crippen LogP contribution < -0.4 is 15.5 Å². The van der Waals surface area contributed by atoms with Crippen LogP contribution in [-0.4, -0.2) is 50.7 Å². The molecule has 130 valence electrons. The van der Waals surface area contributed by atoms with Crippen molar-refractivity contribution in [1.82, 2.24) is 10.6 Å². The van der Waals surface area contributed by atoms with Crippen molar-refractivity contribution in [2.75, 3.05) is 43.6 Å². The number of hydrogen-bond acceptors (Lipinski definition) is 3. The van der Waals surface area contributed by atoms with Gasteiger partial charge in [0, 0.05) is 31.9 Å². The van der Waals surface area contributed by atoms with E-state index in [9.17, 15) is 0 Å². The van der Waals surface area contributed by atoms with Crippen LogP contribution in [0.1, 0.15) is 26.7 Å². The fourth-order valence-corrected chi connectivity index (χ4v) is 2.68. The van der Waals surface area contributed by atoms with Gasteiger partial charge in [-0.2, -0.15) is 11.8 Å². The quantitative estimate of drug-likeness (QED) is 0.391. The molecule has 2 N–H and O–H groups in total. The Bertz CT molecular complexity index is 436. The van der Waals surface area contributed by atoms with Crippen molar-refractivity contribution in [3.05, 3.63) is 30.3 Å². The zero-order chi connectivity index (χ0) is 16.9. The highest BCUT2D eigenvalue weighted by Gasteiger charge is 2.09. The molecule has 0 amide bonds. The van der Waals surface area contributed by atoms with Crippen molar-refractivity contribution in [2.45, 2.75) is 32.7 Å². The molecule has 1 aromatic rings. The molecule has 0 spiro atoms. The van der Waals surface area contributed by atoms with E-state index in [0.717, 1.165) is 25.6 Å². The number of anilines is 1. The third-order valence-corrected chi connectivity index (χ3v) is 4.45. The number of nitrogens with one attached hydrogen (secondary N) is 2. The van der Waals surface area contributed by atoms with Gasteiger partial charge in [-0.15, -0.1) is 0 Å². The molecule has 4 nitrogen and oxygen atoms in total. The SMILES string of the molecule is CCNC(=NCC(C)N(C)c1ccccc1)NCCCCSC. The number of likely N-dealkylation sites (N-methyl/N-ethyl adjacent to an activating group) is 1. The Kier molecular flexibility index (Phi) is 10.4. The Morgan fingerprint density at radius 1 is 1.22 bits per heavy atom. The second kappa shape index (κ2) is 12.1. The largest absolute Gasteiger partial charge is 0.370 e. The number of unbranched alkanes of at least 4 members (excludes halogenated alkanes) is 1. The topological polar surface area (TPSA) is 39.7 Å². The van der Waals surface area contributed by atoms with Crippen molar-refractivity contribution in [2.24, 2.45) is 4.99 Å². The molecule has 0 aliphatic rings. The zero-order valence-electron chi connectivity index (χ0n) is 15.0. The van der Waals surface area contributed by atoms with Gasteiger partial charge >= 0.3 is 0 Å². The summed E-state index contributed by atoms with van der Waals surface area (Å²) in [6, 6.07) is 10.8. The highest BCUT2D eigenvalue weighted by Crippen LogP contribution is 2.14. The zero-order valence-corrected chi connectivity index (χ0v) is 15.8. The van der Waals surface area contributed by atoms with Crippen LogP contribution >= 0.6 is 11.8 Å². The summed E-state index contributed by atoms with van der Waals surface area (Å²) < 4.78 is 0. The van der Waals surface area contributed by atoms with E-state index in [-0.39, 0.29) is 0 Å². The third-order valence-electron chi connectivity index (χ3n) is 3.75. The number of benzene rings is 1. The van der Waals surface area contributed by atoms with Crippen molar-refractivity contribution in [3.8, 4) is 0 Å². The molecular formula is C18H32N4S. The predicted octanol–water partition coefficient (Wildman–Crippen LogP) is 3.21. The van der Waals surface area contributed by atoms with E-state index in [4.69, 9.17) is 4.99 Å². The summed E-state index contributed by atoms with van der Waals surface area (Å²) in [5.74, 6) is 2.15. The average Bonchev–Trinajstić information content (AvgIpc) is 2.59. The van der Waals surface area contributed by atoms with Gasteiger partial charge in [0.25, 0.3) is 0 Å². The summed E-state index contributed by atoms with van der Waals surface area (Å²) in [6.07, 6.45) is 4.59. The normalized spacial score (nSPS) is 12.8. The maximum absolute atomic E-state index is 4.73. The first kappa shape index (κ1) is 19.7. The van der Waals surface area contributed by atoms with E-state index in [1.807, 2.05) is 17.8 Å². The first-order valence-corrected chi connectivity index (χ1v) is 9.87. The lowest BCUT2D eigenvalue weighted by Crippen LogP contribution is -2.39. The number of rotatable bonds is 10. The minimum Gasteiger partial charge on any atom is -0.370 e. The summed E-state index contributed by atoms with van der Waals surface area (Å²) in [6.45, 7) is 6.95. The highest BCUT2D eigenvalue weighted by atomic mass is 32.2. The van der Waals surface area contributed by atoms with Crippen LogP contribution in [0, 0.1) is 0 Å². The van der Waals surface area contributed by atoms with Gasteiger partial charge in [0.2, 0.25) is 0 Å². The Morgan fingerprint density at radius 2 is 1.96 bits per heavy atom. The number of guanidine groups is 1. The van der Waals surface area contributed by atoms with Gasteiger partial charge in [0.15, 0.2) is 5.96 Å². The first-order chi connectivity index (χ1) is 11.2. The second-order valence-electron chi connectivity index (χ2n) is 5.64. The van der Waals surface area contributed by atoms with Crippen LogP contribution in [0.15, 0.2) is 35.3 Å². The lowest BCUT2D eigenvalue weighted by Gasteiger charge is -2.26. The minimum atomic E-state index is 0.351. The summed E-state index contributed by atoms with van der Waals surface area (Å²) in [5, 5.41) is 6.75. The van der Waals surface area contributed by atoms with E-state index in [2.05, 4.69) is 66.9 Å². The number of nitrogens with zero attached hydrogens (tertiary/aromatic N) is 2. The molecule has 1 aromatic carbocycles. The van der Waals surface area contributed by atoms with Gasteiger partial charge in [-0.3, -0.25) is 4.99 Å². The Labute approximate surface area is 146 Å². The smallest absolute Gasteiger partial charge is 0.191 e. The van der Waals surface area contributed by atoms with Gasteiger partial charge in [-0.25, -0.2) is 0 Å². The molecule has 0 saturated heterocycles. The third kappa shape index (κ3) is 8.16. The van der Waals surface area contributed by atoms with E-state index < -0.39 is 0 Å². The van der Waals surface area contributed by atoms with Gasteiger partial charge in [0.1, 0.15) is 0 Å². The number of aliphatic imine (C=N–C) groups is 1. The maximum atomic E-state index is 4.73. The van der Waals surface area contributed by atoms with Gasteiger partial charge in [0.05, 0.1) is 6.54 Å². The van der Waals surface area contributed by atoms with Crippen LogP contribution in [0.25, 0.3) is 0 Å². The molecule has 1 atom stereocenters. The summed E-state index contributed by atoms with van der Waals surface area (Å²) in [4.78, 5) is 6.99. The van der Waals surface area contributed by atoms with Gasteiger partial charge < -0.3 is 15.5 Å². The summed E-state index contributed by atoms with van der Waals surface area (Å²) in [7, 11) is 2.12. The van der Waals surface area contributed by atoms with Crippen LogP contribution in [0.3, 0.4) is 0 Å². The highest BCUT2D eigenvalue weighted by molar-refractivity contribution is 7.98. The molecule has 0 heterocycles. The Hall–Kier alpha value is -1.36. The molecule has 23 heavy (non-hydrogen) atoms. The van der Waals surface area contributed by atoms with Crippen LogP contribution in [-0.2, 0) is 0 Å². The summed E-state index contributed by atoms with van der Waals surface area (Å²) >= 11 is 1.91. The Balaban J connectivity index is 2.45. The summed E-state index contributed by atoms with van der Waals surface area (Å²) in [5.41, 5.74) is 1.23. The first-order valence-electron chi connectivity index (χ1n) is 8.48. The van der Waals surface area contributed by atoms with Crippen LogP contribution in [0.5, 0.6) is 0 Å². The second-order valence-corrected chi connectivity index (χ2v) is 6.63. The lowest BCUT2D eigenvalue weighted by molar-refractivity contribution is 0.681. The Morgan fingerprint density at radius 3 is 2.61 bits per heavy atom. The van der Waals surface area contributed by atoms with Crippen molar-refractivity contribution < 1.29 is 0 Å². The van der Waals surface area contributed by atoms with Crippen molar-refractivity contribution in [1.29, 1.82) is 0 Å².